The van der Waals surface area contributed by atoms with Crippen LogP contribution in [0.1, 0.15) is 0 Å². The van der Waals surface area contributed by atoms with Gasteiger partial charge in [-0.3, -0.25) is 4.79 Å². The average Bonchev–Trinajstić information content (AvgIpc) is 3.25. The minimum atomic E-state index is -0.132. The molecule has 1 heterocycles. The molecule has 0 bridgehead atoms. The molecule has 0 radical (unpaired) electrons. The number of nitrogens with zero attached hydrogens (tertiary/aromatic N) is 2. The smallest absolute Gasteiger partial charge is 0.243 e. The fourth-order valence-electron chi connectivity index (χ4n) is 3.76. The maximum absolute atomic E-state index is 12.5. The SMILES string of the molecule is CN(CC(=O)Nc1ccc(N)c(N)c1)c1ccc2cc(-c3nc4ccccc4s3)ccc2c1. The van der Waals surface area contributed by atoms with Crippen LogP contribution in [0.3, 0.4) is 0 Å². The van der Waals surface area contributed by atoms with E-state index in [1.54, 1.807) is 29.5 Å². The van der Waals surface area contributed by atoms with Crippen LogP contribution in [0.15, 0.2) is 78.9 Å². The lowest BCUT2D eigenvalue weighted by Crippen LogP contribution is -2.30. The first kappa shape index (κ1) is 20.8. The molecular weight excluding hydrogens is 430 g/mol. The van der Waals surface area contributed by atoms with Gasteiger partial charge in [0.15, 0.2) is 0 Å². The van der Waals surface area contributed by atoms with E-state index >= 15 is 0 Å². The molecule has 0 unspecified atom stereocenters. The zero-order valence-corrected chi connectivity index (χ0v) is 18.9. The van der Waals surface area contributed by atoms with Crippen molar-refractivity contribution in [3.8, 4) is 10.6 Å². The van der Waals surface area contributed by atoms with E-state index in [1.807, 2.05) is 36.2 Å². The fourth-order valence-corrected chi connectivity index (χ4v) is 4.72. The van der Waals surface area contributed by atoms with E-state index in [1.165, 1.54) is 4.70 Å². The highest BCUT2D eigenvalue weighted by molar-refractivity contribution is 7.21. The number of benzene rings is 4. The van der Waals surface area contributed by atoms with Crippen LogP contribution < -0.4 is 21.7 Å². The van der Waals surface area contributed by atoms with Crippen molar-refractivity contribution in [2.24, 2.45) is 0 Å². The van der Waals surface area contributed by atoms with Crippen molar-refractivity contribution in [2.75, 3.05) is 35.3 Å². The number of fused-ring (bicyclic) bond motifs is 2. The molecule has 0 saturated carbocycles. The maximum Gasteiger partial charge on any atom is 0.243 e. The van der Waals surface area contributed by atoms with Gasteiger partial charge in [0.1, 0.15) is 5.01 Å². The Morgan fingerprint density at radius 3 is 2.55 bits per heavy atom. The molecule has 5 rings (SSSR count). The van der Waals surface area contributed by atoms with Gasteiger partial charge in [-0.25, -0.2) is 4.98 Å². The molecule has 0 saturated heterocycles. The summed E-state index contributed by atoms with van der Waals surface area (Å²) in [6, 6.07) is 25.8. The molecule has 7 heteroatoms. The van der Waals surface area contributed by atoms with Gasteiger partial charge in [-0.05, 0) is 59.3 Å². The lowest BCUT2D eigenvalue weighted by molar-refractivity contribution is -0.114. The van der Waals surface area contributed by atoms with Gasteiger partial charge < -0.3 is 21.7 Å². The minimum absolute atomic E-state index is 0.132. The highest BCUT2D eigenvalue weighted by Crippen LogP contribution is 2.32. The summed E-state index contributed by atoms with van der Waals surface area (Å²) in [5.41, 5.74) is 16.2. The van der Waals surface area contributed by atoms with Crippen LogP contribution in [-0.4, -0.2) is 24.5 Å². The zero-order chi connectivity index (χ0) is 22.9. The number of carbonyl (C=O) groups is 1. The molecule has 0 aliphatic rings. The van der Waals surface area contributed by atoms with E-state index in [0.29, 0.717) is 17.1 Å². The Morgan fingerprint density at radius 1 is 0.939 bits per heavy atom. The number of hydrogen-bond acceptors (Lipinski definition) is 6. The van der Waals surface area contributed by atoms with Gasteiger partial charge in [-0.2, -0.15) is 0 Å². The molecule has 5 aromatic rings. The van der Waals surface area contributed by atoms with Gasteiger partial charge in [-0.15, -0.1) is 11.3 Å². The van der Waals surface area contributed by atoms with Crippen LogP contribution in [0, 0.1) is 0 Å². The maximum atomic E-state index is 12.5. The van der Waals surface area contributed by atoms with Crippen molar-refractivity contribution in [1.82, 2.24) is 4.98 Å². The van der Waals surface area contributed by atoms with Crippen molar-refractivity contribution in [3.63, 3.8) is 0 Å². The first-order valence-electron chi connectivity index (χ1n) is 10.5. The van der Waals surface area contributed by atoms with Gasteiger partial charge in [-0.1, -0.05) is 30.3 Å². The van der Waals surface area contributed by atoms with Crippen molar-refractivity contribution < 1.29 is 4.79 Å². The van der Waals surface area contributed by atoms with Crippen molar-refractivity contribution in [2.45, 2.75) is 0 Å². The molecular formula is C26H23N5OS. The second kappa shape index (κ2) is 8.44. The summed E-state index contributed by atoms with van der Waals surface area (Å²) >= 11 is 1.70. The third-order valence-electron chi connectivity index (χ3n) is 5.56. The van der Waals surface area contributed by atoms with Gasteiger partial charge >= 0.3 is 0 Å². The minimum Gasteiger partial charge on any atom is -0.397 e. The van der Waals surface area contributed by atoms with E-state index in [9.17, 15) is 4.79 Å². The third kappa shape index (κ3) is 4.31. The Morgan fingerprint density at radius 2 is 1.73 bits per heavy atom. The molecule has 1 aromatic heterocycles. The molecule has 0 aliphatic heterocycles. The third-order valence-corrected chi connectivity index (χ3v) is 6.64. The summed E-state index contributed by atoms with van der Waals surface area (Å²) < 4.78 is 1.18. The monoisotopic (exact) mass is 453 g/mol. The number of amides is 1. The van der Waals surface area contributed by atoms with Gasteiger partial charge in [0.2, 0.25) is 5.91 Å². The van der Waals surface area contributed by atoms with Gasteiger partial charge in [0.25, 0.3) is 0 Å². The molecule has 5 N–H and O–H groups in total. The fraction of sp³-hybridized carbons (Fsp3) is 0.0769. The zero-order valence-electron chi connectivity index (χ0n) is 18.1. The first-order chi connectivity index (χ1) is 16.0. The van der Waals surface area contributed by atoms with Crippen LogP contribution in [-0.2, 0) is 4.79 Å². The molecule has 4 aromatic carbocycles. The molecule has 0 atom stereocenters. The second-order valence-electron chi connectivity index (χ2n) is 7.98. The lowest BCUT2D eigenvalue weighted by atomic mass is 10.1. The van der Waals surface area contributed by atoms with Crippen molar-refractivity contribution in [3.05, 3.63) is 78.9 Å². The van der Waals surface area contributed by atoms with Gasteiger partial charge in [0.05, 0.1) is 28.1 Å². The van der Waals surface area contributed by atoms with Crippen molar-refractivity contribution in [1.29, 1.82) is 0 Å². The standard InChI is InChI=1S/C26H23N5OS/c1-31(15-25(32)29-19-9-11-21(27)22(28)14-19)20-10-8-16-12-18(7-6-17(16)13-20)26-30-23-4-2-3-5-24(23)33-26/h2-14H,15,27-28H2,1H3,(H,29,32). The molecule has 0 spiro atoms. The highest BCUT2D eigenvalue weighted by atomic mass is 32.1. The number of nitrogens with two attached hydrogens (primary N) is 2. The van der Waals surface area contributed by atoms with Crippen molar-refractivity contribution >= 4 is 61.0 Å². The highest BCUT2D eigenvalue weighted by Gasteiger charge is 2.11. The molecule has 1 amide bonds. The number of likely N-dealkylation sites (N-methyl/N-ethyl adjacent to an activating group) is 1. The van der Waals surface area contributed by atoms with E-state index < -0.39 is 0 Å². The number of hydrogen-bond donors (Lipinski definition) is 3. The summed E-state index contributed by atoms with van der Waals surface area (Å²) in [6.07, 6.45) is 0. The molecule has 6 nitrogen and oxygen atoms in total. The van der Waals surface area contributed by atoms with Crippen LogP contribution in [0.25, 0.3) is 31.6 Å². The number of anilines is 4. The molecule has 0 aliphatic carbocycles. The summed E-state index contributed by atoms with van der Waals surface area (Å²) in [5.74, 6) is -0.132. The van der Waals surface area contributed by atoms with Crippen LogP contribution >= 0.6 is 11.3 Å². The Kier molecular flexibility index (Phi) is 5.32. The van der Waals surface area contributed by atoms with Crippen LogP contribution in [0.5, 0.6) is 0 Å². The van der Waals surface area contributed by atoms with E-state index in [-0.39, 0.29) is 12.5 Å². The predicted molar refractivity (Wildman–Crippen MR) is 140 cm³/mol. The summed E-state index contributed by atoms with van der Waals surface area (Å²) in [4.78, 5) is 19.2. The van der Waals surface area contributed by atoms with E-state index in [2.05, 4.69) is 41.7 Å². The number of thiazole rings is 1. The number of aromatic nitrogens is 1. The Bertz CT molecular complexity index is 1460. The van der Waals surface area contributed by atoms with Gasteiger partial charge in [0, 0.05) is 24.0 Å². The largest absolute Gasteiger partial charge is 0.397 e. The Labute approximate surface area is 195 Å². The Hall–Kier alpha value is -4.10. The first-order valence-corrected chi connectivity index (χ1v) is 11.3. The number of para-hydroxylation sites is 1. The number of nitrogen functional groups attached to an aromatic ring is 2. The Balaban J connectivity index is 1.32. The van der Waals surface area contributed by atoms with Crippen LogP contribution in [0.4, 0.5) is 22.7 Å². The summed E-state index contributed by atoms with van der Waals surface area (Å²) in [7, 11) is 1.90. The quantitative estimate of drug-likeness (QED) is 0.312. The summed E-state index contributed by atoms with van der Waals surface area (Å²) in [5, 5.41) is 6.11. The van der Waals surface area contributed by atoms with Crippen LogP contribution in [0.2, 0.25) is 0 Å². The number of nitrogens with one attached hydrogen (secondary N) is 1. The number of carbonyl (C=O) groups excluding carboxylic acids is 1. The lowest BCUT2D eigenvalue weighted by Gasteiger charge is -2.19. The predicted octanol–water partition coefficient (Wildman–Crippen LogP) is 5.36. The molecule has 0 fully saturated rings. The second-order valence-corrected chi connectivity index (χ2v) is 9.01. The summed E-state index contributed by atoms with van der Waals surface area (Å²) in [6.45, 7) is 0.208. The van der Waals surface area contributed by atoms with E-state index in [4.69, 9.17) is 16.5 Å². The normalized spacial score (nSPS) is 11.1. The molecule has 164 valence electrons. The number of rotatable bonds is 5. The molecule has 33 heavy (non-hydrogen) atoms. The van der Waals surface area contributed by atoms with E-state index in [0.717, 1.165) is 32.5 Å². The average molecular weight is 454 g/mol. The topological polar surface area (TPSA) is 97.3 Å².